The molecule has 6 rings (SSSR count). The summed E-state index contributed by atoms with van der Waals surface area (Å²) in [5.74, 6) is 0.876. The van der Waals surface area contributed by atoms with Crippen LogP contribution in [0.3, 0.4) is 0 Å². The first-order chi connectivity index (χ1) is 17.6. The molecular weight excluding hydrogens is 485 g/mol. The number of hydrogen-bond acceptors (Lipinski definition) is 7. The summed E-state index contributed by atoms with van der Waals surface area (Å²) in [6.07, 6.45) is -0.122. The molecule has 8 nitrogen and oxygen atoms in total. The first kappa shape index (κ1) is 24.9. The Labute approximate surface area is 214 Å². The van der Waals surface area contributed by atoms with E-state index >= 15 is 0 Å². The number of aromatic nitrogens is 3. The third kappa shape index (κ3) is 4.59. The van der Waals surface area contributed by atoms with E-state index in [1.54, 1.807) is 0 Å². The summed E-state index contributed by atoms with van der Waals surface area (Å²) in [5, 5.41) is 4.82. The summed E-state index contributed by atoms with van der Waals surface area (Å²) in [6, 6.07) is 4.09. The fourth-order valence-corrected chi connectivity index (χ4v) is 6.85. The van der Waals surface area contributed by atoms with E-state index in [2.05, 4.69) is 45.1 Å². The Hall–Kier alpha value is -2.37. The van der Waals surface area contributed by atoms with Crippen LogP contribution < -0.4 is 10.5 Å². The van der Waals surface area contributed by atoms with E-state index in [4.69, 9.17) is 15.6 Å². The summed E-state index contributed by atoms with van der Waals surface area (Å²) in [7, 11) is 2.17. The van der Waals surface area contributed by atoms with E-state index < -0.39 is 12.1 Å². The second-order valence-electron chi connectivity index (χ2n) is 11.5. The molecule has 1 spiro atoms. The number of alkyl halides is 3. The molecule has 3 unspecified atom stereocenters. The number of anilines is 1. The molecule has 11 heteroatoms. The molecule has 2 saturated carbocycles. The molecule has 0 amide bonds. The van der Waals surface area contributed by atoms with Crippen molar-refractivity contribution in [1.82, 2.24) is 24.6 Å². The zero-order valence-corrected chi connectivity index (χ0v) is 21.5. The highest BCUT2D eigenvalue weighted by Gasteiger charge is 2.61. The minimum atomic E-state index is -4.84. The predicted molar refractivity (Wildman–Crippen MR) is 132 cm³/mol. The first-order valence-electron chi connectivity index (χ1n) is 13.2. The van der Waals surface area contributed by atoms with Gasteiger partial charge in [-0.1, -0.05) is 6.92 Å². The van der Waals surface area contributed by atoms with Crippen LogP contribution in [0, 0.1) is 11.8 Å². The maximum Gasteiger partial charge on any atom is 0.573 e. The van der Waals surface area contributed by atoms with E-state index in [0.717, 1.165) is 39.2 Å². The molecule has 4 aliphatic rings. The highest BCUT2D eigenvalue weighted by atomic mass is 19.4. The number of morpholine rings is 1. The summed E-state index contributed by atoms with van der Waals surface area (Å²) in [6.45, 7) is 9.12. The summed E-state index contributed by atoms with van der Waals surface area (Å²) in [4.78, 5) is 8.90. The Morgan fingerprint density at radius 2 is 1.95 bits per heavy atom. The van der Waals surface area contributed by atoms with Crippen LogP contribution in [0.15, 0.2) is 18.3 Å². The third-order valence-electron chi connectivity index (χ3n) is 8.88. The van der Waals surface area contributed by atoms with Crippen LogP contribution in [0.25, 0.3) is 11.3 Å². The molecule has 2 aliphatic carbocycles. The number of rotatable bonds is 6. The van der Waals surface area contributed by atoms with Gasteiger partial charge in [-0.2, -0.15) is 5.10 Å². The fourth-order valence-electron chi connectivity index (χ4n) is 6.85. The van der Waals surface area contributed by atoms with Gasteiger partial charge in [-0.3, -0.25) is 9.58 Å². The average Bonchev–Trinajstić information content (AvgIpc) is 3.15. The number of ether oxygens (including phenoxy) is 2. The number of likely N-dealkylation sites (N-methyl/N-ethyl adjacent to an activating group) is 1. The molecule has 0 aromatic carbocycles. The molecule has 0 radical (unpaired) electrons. The molecular formula is C26H35F3N6O2. The molecule has 202 valence electrons. The van der Waals surface area contributed by atoms with Gasteiger partial charge in [-0.25, -0.2) is 4.98 Å². The topological polar surface area (TPSA) is 81.7 Å². The lowest BCUT2D eigenvalue weighted by atomic mass is 9.88. The monoisotopic (exact) mass is 520 g/mol. The van der Waals surface area contributed by atoms with Crippen LogP contribution in [-0.4, -0.2) is 82.4 Å². The lowest BCUT2D eigenvalue weighted by molar-refractivity contribution is -0.274. The van der Waals surface area contributed by atoms with E-state index in [-0.39, 0.29) is 17.5 Å². The lowest BCUT2D eigenvalue weighted by Gasteiger charge is -2.55. The number of halogens is 3. The first-order valence-corrected chi connectivity index (χ1v) is 13.2. The van der Waals surface area contributed by atoms with Crippen molar-refractivity contribution >= 4 is 5.82 Å². The van der Waals surface area contributed by atoms with Crippen LogP contribution in [0.5, 0.6) is 5.75 Å². The van der Waals surface area contributed by atoms with Gasteiger partial charge < -0.3 is 20.1 Å². The zero-order valence-electron chi connectivity index (χ0n) is 21.5. The molecule has 2 aliphatic heterocycles. The van der Waals surface area contributed by atoms with Crippen LogP contribution in [0.1, 0.15) is 50.8 Å². The van der Waals surface area contributed by atoms with E-state index in [1.165, 1.54) is 30.8 Å². The van der Waals surface area contributed by atoms with Gasteiger partial charge in [0.1, 0.15) is 5.60 Å². The van der Waals surface area contributed by atoms with Crippen LogP contribution in [0.2, 0.25) is 0 Å². The fraction of sp³-hybridized carbons (Fsp3) is 0.692. The number of pyridine rings is 1. The number of nitrogen functional groups attached to an aromatic ring is 1. The molecule has 2 aromatic heterocycles. The number of nitrogens with zero attached hydrogens (tertiary/aromatic N) is 5. The maximum absolute atomic E-state index is 12.8. The van der Waals surface area contributed by atoms with Crippen LogP contribution >= 0.6 is 0 Å². The van der Waals surface area contributed by atoms with Crippen molar-refractivity contribution in [1.29, 1.82) is 0 Å². The van der Waals surface area contributed by atoms with Crippen LogP contribution in [-0.2, 0) is 4.74 Å². The van der Waals surface area contributed by atoms with Crippen LogP contribution in [0.4, 0.5) is 19.0 Å². The lowest BCUT2D eigenvalue weighted by Crippen LogP contribution is -2.71. The van der Waals surface area contributed by atoms with Crippen molar-refractivity contribution in [2.45, 2.75) is 63.1 Å². The van der Waals surface area contributed by atoms with Gasteiger partial charge >= 0.3 is 6.36 Å². The molecule has 4 heterocycles. The number of fused-ring (bicyclic) bond motifs is 1. The highest BCUT2D eigenvalue weighted by Crippen LogP contribution is 2.64. The quantitative estimate of drug-likeness (QED) is 0.619. The van der Waals surface area contributed by atoms with Crippen molar-refractivity contribution in [3.63, 3.8) is 0 Å². The largest absolute Gasteiger partial charge is 0.573 e. The summed E-state index contributed by atoms with van der Waals surface area (Å²) < 4.78 is 50.8. The van der Waals surface area contributed by atoms with Gasteiger partial charge in [0.2, 0.25) is 0 Å². The summed E-state index contributed by atoms with van der Waals surface area (Å²) >= 11 is 0. The Morgan fingerprint density at radius 1 is 1.22 bits per heavy atom. The SMILES string of the molecule is CCC(C)n1nc(-c2cnc(N)c(OC(F)(F)F)c2)cc1C1[C@H]2CC(N3CC4(CN(C)CCO4)C3)C[C@@H]12. The van der Waals surface area contributed by atoms with Gasteiger partial charge in [0, 0.05) is 61.6 Å². The van der Waals surface area contributed by atoms with Crippen molar-refractivity contribution in [2.24, 2.45) is 11.8 Å². The molecule has 2 aromatic rings. The number of nitrogens with two attached hydrogens (primary N) is 1. The molecule has 2 N–H and O–H groups in total. The van der Waals surface area contributed by atoms with E-state index in [1.807, 2.05) is 6.07 Å². The smallest absolute Gasteiger partial charge is 0.402 e. The number of likely N-dealkylation sites (tertiary alicyclic amines) is 1. The zero-order chi connectivity index (χ0) is 26.1. The Kier molecular flexibility index (Phi) is 5.96. The second kappa shape index (κ2) is 8.84. The molecule has 0 bridgehead atoms. The molecule has 4 fully saturated rings. The van der Waals surface area contributed by atoms with E-state index in [0.29, 0.717) is 35.1 Å². The minimum absolute atomic E-state index is 0.0189. The molecule has 5 atom stereocenters. The van der Waals surface area contributed by atoms with Crippen molar-refractivity contribution in [2.75, 3.05) is 45.6 Å². The molecule has 37 heavy (non-hydrogen) atoms. The van der Waals surface area contributed by atoms with Gasteiger partial charge in [0.15, 0.2) is 11.6 Å². The van der Waals surface area contributed by atoms with Crippen molar-refractivity contribution < 1.29 is 22.6 Å². The maximum atomic E-state index is 12.8. The van der Waals surface area contributed by atoms with Crippen molar-refractivity contribution in [3.05, 3.63) is 24.0 Å². The Balaban J connectivity index is 1.17. The van der Waals surface area contributed by atoms with Gasteiger partial charge in [-0.05, 0) is 57.2 Å². The van der Waals surface area contributed by atoms with Gasteiger partial charge in [0.05, 0.1) is 12.3 Å². The summed E-state index contributed by atoms with van der Waals surface area (Å²) in [5.41, 5.74) is 7.88. The Morgan fingerprint density at radius 3 is 2.59 bits per heavy atom. The highest BCUT2D eigenvalue weighted by molar-refractivity contribution is 5.64. The van der Waals surface area contributed by atoms with E-state index in [9.17, 15) is 13.2 Å². The van der Waals surface area contributed by atoms with Gasteiger partial charge in [0.25, 0.3) is 0 Å². The number of hydrogen-bond donors (Lipinski definition) is 1. The van der Waals surface area contributed by atoms with Gasteiger partial charge in [-0.15, -0.1) is 13.2 Å². The Bertz CT molecular complexity index is 1150. The standard InChI is InChI=1S/C26H35F3N6O2/c1-4-15(2)35-21(10-20(32-35)16-7-22(24(30)31-11-16)37-26(27,28)29)23-18-8-17(9-19(18)23)34-13-25(14-34)12-33(3)5-6-36-25/h7,10-11,15,17-19,23H,4-6,8-9,12-14H2,1-3H3,(H2,30,31)/t15?,17?,18-,19+,23?. The second-order valence-corrected chi connectivity index (χ2v) is 11.5. The van der Waals surface area contributed by atoms with Crippen molar-refractivity contribution in [3.8, 4) is 17.0 Å². The minimum Gasteiger partial charge on any atom is -0.402 e. The molecule has 2 saturated heterocycles. The third-order valence-corrected chi connectivity index (χ3v) is 8.88. The predicted octanol–water partition coefficient (Wildman–Crippen LogP) is 3.91. The average molecular weight is 521 g/mol. The normalized spacial score (nSPS) is 30.2.